The third-order valence-electron chi connectivity index (χ3n) is 5.45. The van der Waals surface area contributed by atoms with Crippen molar-refractivity contribution < 1.29 is 19.4 Å². The number of amides is 1. The summed E-state index contributed by atoms with van der Waals surface area (Å²) < 4.78 is 6.01. The molecule has 1 aliphatic rings. The van der Waals surface area contributed by atoms with Crippen LogP contribution in [0.4, 0.5) is 0 Å². The maximum absolute atomic E-state index is 13.0. The van der Waals surface area contributed by atoms with Gasteiger partial charge in [-0.05, 0) is 22.8 Å². The third-order valence-corrected chi connectivity index (χ3v) is 5.75. The Labute approximate surface area is 185 Å². The first kappa shape index (κ1) is 20.9. The number of benzene rings is 3. The van der Waals surface area contributed by atoms with Crippen LogP contribution in [-0.2, 0) is 35.6 Å². The number of ether oxygens (including phenoxy) is 1. The lowest BCUT2D eigenvalue weighted by Crippen LogP contribution is -2.49. The van der Waals surface area contributed by atoms with Gasteiger partial charge in [-0.3, -0.25) is 4.79 Å². The number of carboxylic acids is 1. The van der Waals surface area contributed by atoms with E-state index in [-0.39, 0.29) is 25.3 Å². The summed E-state index contributed by atoms with van der Waals surface area (Å²) in [5.41, 5.74) is 3.44. The van der Waals surface area contributed by atoms with Gasteiger partial charge < -0.3 is 14.7 Å². The average Bonchev–Trinajstić information content (AvgIpc) is 2.79. The molecule has 0 saturated heterocycles. The van der Waals surface area contributed by atoms with E-state index in [1.807, 2.05) is 66.7 Å². The summed E-state index contributed by atoms with van der Waals surface area (Å²) in [5.74, 6) is -0.767. The Hall–Kier alpha value is -3.31. The first-order valence-electron chi connectivity index (χ1n) is 10.1. The molecule has 0 saturated carbocycles. The van der Waals surface area contributed by atoms with E-state index in [9.17, 15) is 14.7 Å². The number of carbonyl (C=O) groups is 2. The summed E-state index contributed by atoms with van der Waals surface area (Å²) >= 11 is 6.41. The summed E-state index contributed by atoms with van der Waals surface area (Å²) in [5, 5.41) is 10.3. The van der Waals surface area contributed by atoms with Gasteiger partial charge in [0.2, 0.25) is 5.91 Å². The van der Waals surface area contributed by atoms with Crippen LogP contribution in [0.2, 0.25) is 5.02 Å². The van der Waals surface area contributed by atoms with Crippen LogP contribution in [0, 0.1) is 0 Å². The lowest BCUT2D eigenvalue weighted by molar-refractivity contribution is -0.151. The van der Waals surface area contributed by atoms with Gasteiger partial charge in [-0.15, -0.1) is 0 Å². The second-order valence-electron chi connectivity index (χ2n) is 7.53. The Morgan fingerprint density at radius 3 is 2.26 bits per heavy atom. The zero-order valence-corrected chi connectivity index (χ0v) is 17.6. The van der Waals surface area contributed by atoms with Crippen LogP contribution in [0.5, 0.6) is 5.75 Å². The lowest BCUT2D eigenvalue weighted by atomic mass is 9.92. The topological polar surface area (TPSA) is 66.8 Å². The summed E-state index contributed by atoms with van der Waals surface area (Å²) in [6.45, 7) is 0.530. The third kappa shape index (κ3) is 4.72. The molecule has 31 heavy (non-hydrogen) atoms. The van der Waals surface area contributed by atoms with Crippen LogP contribution in [-0.4, -0.2) is 27.9 Å². The molecule has 4 rings (SSSR count). The molecule has 3 aromatic rings. The molecule has 6 heteroatoms. The van der Waals surface area contributed by atoms with Crippen LogP contribution in [0.25, 0.3) is 0 Å². The molecule has 1 amide bonds. The molecular weight excluding hydrogens is 414 g/mol. The molecule has 1 aliphatic heterocycles. The Kier molecular flexibility index (Phi) is 6.23. The van der Waals surface area contributed by atoms with Gasteiger partial charge in [0.25, 0.3) is 0 Å². The van der Waals surface area contributed by atoms with Crippen molar-refractivity contribution in [1.82, 2.24) is 4.90 Å². The van der Waals surface area contributed by atoms with E-state index < -0.39 is 12.0 Å². The molecule has 158 valence electrons. The number of aliphatic carboxylic acids is 1. The molecule has 0 bridgehead atoms. The summed E-state index contributed by atoms with van der Waals surface area (Å²) in [6.07, 6.45) is 0.306. The second-order valence-corrected chi connectivity index (χ2v) is 7.94. The zero-order chi connectivity index (χ0) is 21.8. The highest BCUT2D eigenvalue weighted by Crippen LogP contribution is 2.37. The minimum Gasteiger partial charge on any atom is -0.487 e. The molecule has 0 spiro atoms. The summed E-state index contributed by atoms with van der Waals surface area (Å²) in [7, 11) is 0. The largest absolute Gasteiger partial charge is 0.487 e. The number of hydrogen-bond donors (Lipinski definition) is 1. The van der Waals surface area contributed by atoms with Gasteiger partial charge in [-0.25, -0.2) is 4.79 Å². The maximum atomic E-state index is 13.0. The van der Waals surface area contributed by atoms with Gasteiger partial charge in [0.05, 0.1) is 11.4 Å². The fourth-order valence-corrected chi connectivity index (χ4v) is 4.08. The van der Waals surface area contributed by atoms with Crippen molar-refractivity contribution in [3.05, 3.63) is 100 Å². The van der Waals surface area contributed by atoms with E-state index in [0.717, 1.165) is 22.3 Å². The van der Waals surface area contributed by atoms with Crippen molar-refractivity contribution in [3.8, 4) is 5.75 Å². The van der Waals surface area contributed by atoms with Crippen molar-refractivity contribution in [3.63, 3.8) is 0 Å². The molecule has 0 aromatic heterocycles. The van der Waals surface area contributed by atoms with Gasteiger partial charge in [0, 0.05) is 18.5 Å². The van der Waals surface area contributed by atoms with E-state index in [2.05, 4.69) is 0 Å². The maximum Gasteiger partial charge on any atom is 0.326 e. The van der Waals surface area contributed by atoms with E-state index >= 15 is 0 Å². The van der Waals surface area contributed by atoms with Gasteiger partial charge in [0.1, 0.15) is 18.4 Å². The van der Waals surface area contributed by atoms with Crippen molar-refractivity contribution >= 4 is 23.5 Å². The van der Waals surface area contributed by atoms with E-state index in [4.69, 9.17) is 16.3 Å². The average molecular weight is 436 g/mol. The van der Waals surface area contributed by atoms with Crippen LogP contribution in [0.1, 0.15) is 22.3 Å². The monoisotopic (exact) mass is 435 g/mol. The number of carbonyl (C=O) groups excluding carboxylic acids is 1. The molecule has 5 nitrogen and oxygen atoms in total. The van der Waals surface area contributed by atoms with Gasteiger partial charge in [0.15, 0.2) is 0 Å². The molecular formula is C25H22ClNO4. The van der Waals surface area contributed by atoms with Gasteiger partial charge in [-0.2, -0.15) is 0 Å². The standard InChI is InChI=1S/C25H22ClNO4/c26-21-12-11-19-15-27(23(28)13-17-7-3-1-4-8-17)22(25(29)30)14-20(19)24(21)31-16-18-9-5-2-6-10-18/h1-12,22H,13-16H2,(H,29,30). The predicted octanol–water partition coefficient (Wildman–Crippen LogP) is 4.50. The van der Waals surface area contributed by atoms with E-state index in [0.29, 0.717) is 17.4 Å². The number of hydrogen-bond acceptors (Lipinski definition) is 3. The van der Waals surface area contributed by atoms with Crippen LogP contribution >= 0.6 is 11.6 Å². The Bertz CT molecular complexity index is 1090. The van der Waals surface area contributed by atoms with E-state index in [1.165, 1.54) is 4.90 Å². The van der Waals surface area contributed by atoms with E-state index in [1.54, 1.807) is 6.07 Å². The Balaban J connectivity index is 1.60. The highest BCUT2D eigenvalue weighted by atomic mass is 35.5. The smallest absolute Gasteiger partial charge is 0.326 e. The quantitative estimate of drug-likeness (QED) is 0.619. The molecule has 3 aromatic carbocycles. The molecule has 1 heterocycles. The number of rotatable bonds is 6. The zero-order valence-electron chi connectivity index (χ0n) is 16.8. The van der Waals surface area contributed by atoms with Crippen LogP contribution in [0.15, 0.2) is 72.8 Å². The van der Waals surface area contributed by atoms with Gasteiger partial charge in [-0.1, -0.05) is 78.3 Å². The normalized spacial score (nSPS) is 15.3. The summed E-state index contributed by atoms with van der Waals surface area (Å²) in [4.78, 5) is 26.4. The number of carboxylic acid groups (broad SMARTS) is 1. The van der Waals surface area contributed by atoms with Crippen LogP contribution < -0.4 is 4.74 Å². The summed E-state index contributed by atoms with van der Waals surface area (Å²) in [6, 6.07) is 21.6. The molecule has 0 radical (unpaired) electrons. The molecule has 0 aliphatic carbocycles. The SMILES string of the molecule is O=C(O)C1Cc2c(ccc(Cl)c2OCc2ccccc2)CN1C(=O)Cc1ccccc1. The Morgan fingerprint density at radius 1 is 0.968 bits per heavy atom. The number of nitrogens with zero attached hydrogens (tertiary/aromatic N) is 1. The number of fused-ring (bicyclic) bond motifs is 1. The Morgan fingerprint density at radius 2 is 1.61 bits per heavy atom. The molecule has 0 fully saturated rings. The second kappa shape index (κ2) is 9.23. The van der Waals surface area contributed by atoms with Crippen molar-refractivity contribution in [2.75, 3.05) is 0 Å². The minimum absolute atomic E-state index is 0.149. The van der Waals surface area contributed by atoms with Gasteiger partial charge >= 0.3 is 5.97 Å². The van der Waals surface area contributed by atoms with Crippen molar-refractivity contribution in [2.24, 2.45) is 0 Å². The lowest BCUT2D eigenvalue weighted by Gasteiger charge is -2.35. The fourth-order valence-electron chi connectivity index (χ4n) is 3.85. The highest BCUT2D eigenvalue weighted by molar-refractivity contribution is 6.32. The first-order chi connectivity index (χ1) is 15.0. The van der Waals surface area contributed by atoms with Crippen molar-refractivity contribution in [2.45, 2.75) is 32.0 Å². The molecule has 1 atom stereocenters. The van der Waals surface area contributed by atoms with Crippen LogP contribution in [0.3, 0.4) is 0 Å². The number of halogens is 1. The van der Waals surface area contributed by atoms with Crippen molar-refractivity contribution in [1.29, 1.82) is 0 Å². The highest BCUT2D eigenvalue weighted by Gasteiger charge is 2.36. The minimum atomic E-state index is -1.04. The fraction of sp³-hybridized carbons (Fsp3) is 0.200. The molecule has 1 N–H and O–H groups in total. The first-order valence-corrected chi connectivity index (χ1v) is 10.4. The predicted molar refractivity (Wildman–Crippen MR) is 118 cm³/mol. The molecule has 1 unspecified atom stereocenters.